The smallest absolute Gasteiger partial charge is 0.263 e. The molecule has 0 amide bonds. The predicted octanol–water partition coefficient (Wildman–Crippen LogP) is 2.15. The van der Waals surface area contributed by atoms with Gasteiger partial charge in [-0.05, 0) is 60.0 Å². The average Bonchev–Trinajstić information content (AvgIpc) is 2.75. The van der Waals surface area contributed by atoms with E-state index in [-0.39, 0.29) is 4.90 Å². The molecule has 1 aromatic heterocycles. The molecule has 1 heterocycles. The summed E-state index contributed by atoms with van der Waals surface area (Å²) in [6.07, 6.45) is 1.61. The van der Waals surface area contributed by atoms with Gasteiger partial charge >= 0.3 is 0 Å². The Morgan fingerprint density at radius 1 is 1.25 bits per heavy atom. The fraction of sp³-hybridized carbons (Fsp3) is 0.231. The fourth-order valence-electron chi connectivity index (χ4n) is 1.81. The zero-order valence-corrected chi connectivity index (χ0v) is 14.2. The normalized spacial score (nSPS) is 11.6. The van der Waals surface area contributed by atoms with Crippen LogP contribution in [0.15, 0.2) is 41.4 Å². The Morgan fingerprint density at radius 3 is 2.50 bits per heavy atom. The van der Waals surface area contributed by atoms with Gasteiger partial charge in [0, 0.05) is 34.7 Å². The highest BCUT2D eigenvalue weighted by atomic mass is 127. The van der Waals surface area contributed by atoms with Gasteiger partial charge in [0.1, 0.15) is 4.90 Å². The standard InChI is InChI=1S/C13H16IN3O2S/c1-15-8-12-7-13(9-17(12)2)20(18,19)16-11-5-3-10(14)4-6-11/h3-7,9,15-16H,8H2,1-2H3. The number of hydrogen-bond donors (Lipinski definition) is 2. The third-order valence-corrected chi connectivity index (χ3v) is 4.91. The molecule has 0 unspecified atom stereocenters. The van der Waals surface area contributed by atoms with Crippen molar-refractivity contribution in [3.63, 3.8) is 0 Å². The first kappa shape index (κ1) is 15.3. The first-order valence-corrected chi connectivity index (χ1v) is 8.57. The molecule has 0 bridgehead atoms. The minimum absolute atomic E-state index is 0.267. The number of rotatable bonds is 5. The van der Waals surface area contributed by atoms with Gasteiger partial charge in [-0.2, -0.15) is 0 Å². The second kappa shape index (κ2) is 6.15. The molecule has 2 aromatic rings. The highest BCUT2D eigenvalue weighted by Gasteiger charge is 2.17. The SMILES string of the molecule is CNCc1cc(S(=O)(=O)Nc2ccc(I)cc2)cn1C. The maximum atomic E-state index is 12.3. The molecule has 108 valence electrons. The second-order valence-corrected chi connectivity index (χ2v) is 7.35. The van der Waals surface area contributed by atoms with Crippen molar-refractivity contribution in [3.8, 4) is 0 Å². The predicted molar refractivity (Wildman–Crippen MR) is 88.1 cm³/mol. The van der Waals surface area contributed by atoms with Crippen LogP contribution in [0.25, 0.3) is 0 Å². The summed E-state index contributed by atoms with van der Waals surface area (Å²) in [7, 11) is 0.107. The van der Waals surface area contributed by atoms with Gasteiger partial charge in [0.2, 0.25) is 0 Å². The monoisotopic (exact) mass is 405 g/mol. The molecule has 0 aliphatic heterocycles. The van der Waals surface area contributed by atoms with Crippen molar-refractivity contribution in [2.75, 3.05) is 11.8 Å². The molecule has 0 saturated carbocycles. The van der Waals surface area contributed by atoms with Gasteiger partial charge < -0.3 is 9.88 Å². The first-order chi connectivity index (χ1) is 9.42. The van der Waals surface area contributed by atoms with Gasteiger partial charge in [0.05, 0.1) is 0 Å². The molecular weight excluding hydrogens is 389 g/mol. The molecular formula is C13H16IN3O2S. The summed E-state index contributed by atoms with van der Waals surface area (Å²) in [5.41, 5.74) is 1.47. The van der Waals surface area contributed by atoms with Crippen molar-refractivity contribution in [2.24, 2.45) is 7.05 Å². The maximum Gasteiger partial charge on any atom is 0.263 e. The number of anilines is 1. The lowest BCUT2D eigenvalue weighted by Gasteiger charge is -2.06. The lowest BCUT2D eigenvalue weighted by Crippen LogP contribution is -2.12. The Labute approximate surface area is 132 Å². The van der Waals surface area contributed by atoms with Crippen LogP contribution < -0.4 is 10.0 Å². The summed E-state index contributed by atoms with van der Waals surface area (Å²) in [5, 5.41) is 3.01. The molecule has 0 saturated heterocycles. The summed E-state index contributed by atoms with van der Waals surface area (Å²) >= 11 is 2.17. The Bertz CT molecular complexity index is 693. The Morgan fingerprint density at radius 2 is 1.90 bits per heavy atom. The summed E-state index contributed by atoms with van der Waals surface area (Å²) < 4.78 is 30.1. The van der Waals surface area contributed by atoms with E-state index in [1.54, 1.807) is 29.0 Å². The topological polar surface area (TPSA) is 63.1 Å². The van der Waals surface area contributed by atoms with E-state index in [0.29, 0.717) is 12.2 Å². The van der Waals surface area contributed by atoms with E-state index in [9.17, 15) is 8.42 Å². The fourth-order valence-corrected chi connectivity index (χ4v) is 3.32. The molecule has 7 heteroatoms. The first-order valence-electron chi connectivity index (χ1n) is 6.00. The number of halogens is 1. The Kier molecular flexibility index (Phi) is 4.71. The number of hydrogen-bond acceptors (Lipinski definition) is 3. The van der Waals surface area contributed by atoms with Crippen molar-refractivity contribution >= 4 is 38.3 Å². The van der Waals surface area contributed by atoms with Crippen molar-refractivity contribution in [2.45, 2.75) is 11.4 Å². The number of sulfonamides is 1. The highest BCUT2D eigenvalue weighted by Crippen LogP contribution is 2.19. The van der Waals surface area contributed by atoms with Gasteiger partial charge in [-0.25, -0.2) is 8.42 Å². The molecule has 0 atom stereocenters. The number of aryl methyl sites for hydroxylation is 1. The van der Waals surface area contributed by atoms with Gasteiger partial charge in [-0.15, -0.1) is 0 Å². The van der Waals surface area contributed by atoms with E-state index in [1.807, 2.05) is 26.2 Å². The van der Waals surface area contributed by atoms with E-state index in [2.05, 4.69) is 32.6 Å². The van der Waals surface area contributed by atoms with E-state index in [0.717, 1.165) is 9.26 Å². The van der Waals surface area contributed by atoms with Crippen LogP contribution in [0.1, 0.15) is 5.69 Å². The molecule has 0 aliphatic rings. The lowest BCUT2D eigenvalue weighted by atomic mass is 10.3. The molecule has 0 spiro atoms. The zero-order chi connectivity index (χ0) is 14.8. The minimum Gasteiger partial charge on any atom is -0.352 e. The van der Waals surface area contributed by atoms with Crippen LogP contribution in [0, 0.1) is 3.57 Å². The maximum absolute atomic E-state index is 12.3. The number of aromatic nitrogens is 1. The molecule has 0 radical (unpaired) electrons. The molecule has 0 aliphatic carbocycles. The van der Waals surface area contributed by atoms with Gasteiger partial charge in [-0.1, -0.05) is 0 Å². The average molecular weight is 405 g/mol. The largest absolute Gasteiger partial charge is 0.352 e. The van der Waals surface area contributed by atoms with E-state index < -0.39 is 10.0 Å². The van der Waals surface area contributed by atoms with E-state index in [4.69, 9.17) is 0 Å². The number of nitrogens with zero attached hydrogens (tertiary/aromatic N) is 1. The summed E-state index contributed by atoms with van der Waals surface area (Å²) in [6, 6.07) is 8.88. The van der Waals surface area contributed by atoms with E-state index >= 15 is 0 Å². The van der Waals surface area contributed by atoms with Crippen molar-refractivity contribution in [1.29, 1.82) is 0 Å². The molecule has 1 aromatic carbocycles. The third-order valence-electron chi connectivity index (χ3n) is 2.85. The van der Waals surface area contributed by atoms with Crippen LogP contribution in [-0.2, 0) is 23.6 Å². The van der Waals surface area contributed by atoms with Gasteiger partial charge in [0.15, 0.2) is 0 Å². The van der Waals surface area contributed by atoms with Crippen molar-refractivity contribution < 1.29 is 8.42 Å². The van der Waals surface area contributed by atoms with E-state index in [1.165, 1.54) is 0 Å². The van der Waals surface area contributed by atoms with Gasteiger partial charge in [-0.3, -0.25) is 4.72 Å². The number of benzene rings is 1. The van der Waals surface area contributed by atoms with Crippen molar-refractivity contribution in [1.82, 2.24) is 9.88 Å². The Hall–Kier alpha value is -1.06. The second-order valence-electron chi connectivity index (χ2n) is 4.42. The highest BCUT2D eigenvalue weighted by molar-refractivity contribution is 14.1. The van der Waals surface area contributed by atoms with Crippen LogP contribution in [0.2, 0.25) is 0 Å². The molecule has 0 fully saturated rings. The van der Waals surface area contributed by atoms with Crippen LogP contribution in [0.4, 0.5) is 5.69 Å². The van der Waals surface area contributed by atoms with Crippen LogP contribution >= 0.6 is 22.6 Å². The summed E-state index contributed by atoms with van der Waals surface area (Å²) in [5.74, 6) is 0. The zero-order valence-electron chi connectivity index (χ0n) is 11.2. The van der Waals surface area contributed by atoms with Crippen LogP contribution in [-0.4, -0.2) is 20.0 Å². The molecule has 20 heavy (non-hydrogen) atoms. The summed E-state index contributed by atoms with van der Waals surface area (Å²) in [4.78, 5) is 0.267. The molecule has 2 N–H and O–H groups in total. The third kappa shape index (κ3) is 3.53. The minimum atomic E-state index is -3.55. The van der Waals surface area contributed by atoms with Crippen LogP contribution in [0.5, 0.6) is 0 Å². The lowest BCUT2D eigenvalue weighted by molar-refractivity contribution is 0.601. The Balaban J connectivity index is 2.26. The quantitative estimate of drug-likeness (QED) is 0.750. The molecule has 2 rings (SSSR count). The van der Waals surface area contributed by atoms with Crippen LogP contribution in [0.3, 0.4) is 0 Å². The number of nitrogens with one attached hydrogen (secondary N) is 2. The van der Waals surface area contributed by atoms with Gasteiger partial charge in [0.25, 0.3) is 10.0 Å². The molecule has 5 nitrogen and oxygen atoms in total. The van der Waals surface area contributed by atoms with Crippen molar-refractivity contribution in [3.05, 3.63) is 45.8 Å². The summed E-state index contributed by atoms with van der Waals surface area (Å²) in [6.45, 7) is 0.621.